The van der Waals surface area contributed by atoms with Crippen molar-refractivity contribution in [3.05, 3.63) is 82.9 Å². The summed E-state index contributed by atoms with van der Waals surface area (Å²) >= 11 is -2.95. The van der Waals surface area contributed by atoms with Gasteiger partial charge in [-0.25, -0.2) is 0 Å². The molecule has 16 nitrogen and oxygen atoms in total. The van der Waals surface area contributed by atoms with Gasteiger partial charge in [-0.3, -0.25) is 9.97 Å². The molecule has 2 aliphatic heterocycles. The molecule has 55 heavy (non-hydrogen) atoms. The monoisotopic (exact) mass is 828 g/mol. The summed E-state index contributed by atoms with van der Waals surface area (Å²) in [5, 5.41) is 14.5. The summed E-state index contributed by atoms with van der Waals surface area (Å²) in [5.41, 5.74) is 1.49. The van der Waals surface area contributed by atoms with Gasteiger partial charge in [-0.05, 0) is 58.7 Å². The van der Waals surface area contributed by atoms with E-state index in [9.17, 15) is 26.7 Å². The van der Waals surface area contributed by atoms with Crippen LogP contribution < -0.4 is 39.1 Å². The Morgan fingerprint density at radius 3 is 1.36 bits per heavy atom. The van der Waals surface area contributed by atoms with Gasteiger partial charge in [-0.2, -0.15) is 17.6 Å². The van der Waals surface area contributed by atoms with E-state index in [2.05, 4.69) is 40.7 Å². The van der Waals surface area contributed by atoms with E-state index in [1.54, 1.807) is 24.3 Å². The van der Waals surface area contributed by atoms with Crippen molar-refractivity contribution in [2.75, 3.05) is 39.1 Å². The van der Waals surface area contributed by atoms with Crippen LogP contribution in [0.15, 0.2) is 60.9 Å². The minimum absolute atomic E-state index is 0. The van der Waals surface area contributed by atoms with Crippen LogP contribution in [0.2, 0.25) is 0 Å². The van der Waals surface area contributed by atoms with Crippen LogP contribution in [0.5, 0.6) is 34.5 Å². The number of ether oxygens (including phenoxy) is 6. The minimum atomic E-state index is -2.92. The number of hydrogen-bond donors (Lipinski definition) is 2. The Bertz CT molecular complexity index is 1700. The molecule has 0 saturated carbocycles. The van der Waals surface area contributed by atoms with Crippen LogP contribution in [-0.2, 0) is 33.9 Å². The molecule has 2 aromatic heterocycles. The van der Waals surface area contributed by atoms with Crippen molar-refractivity contribution in [3.8, 4) is 34.5 Å². The van der Waals surface area contributed by atoms with Gasteiger partial charge in [0.15, 0.2) is 34.5 Å². The SMILES string of the molecule is COc1ccnc(C[S+]([O-])C2[N-]c3cc(OC(F)F)ccc3N2)c1OC.COc1ccnc(C[S+]([O-])C2[N-]c3cc(OC(F)F)ccc3N2)c1OC.O.O.[Mg+2]. The topological polar surface area (TPSA) is 243 Å². The van der Waals surface area contributed by atoms with Crippen LogP contribution in [0.1, 0.15) is 11.4 Å². The molecular formula is C32H36F4MgN6O10S2. The van der Waals surface area contributed by atoms with Gasteiger partial charge in [0.05, 0.1) is 28.4 Å². The first-order chi connectivity index (χ1) is 25.0. The van der Waals surface area contributed by atoms with Crippen molar-refractivity contribution in [3.63, 3.8) is 0 Å². The second-order valence-electron chi connectivity index (χ2n) is 10.4. The van der Waals surface area contributed by atoms with E-state index >= 15 is 0 Å². The number of alkyl halides is 4. The minimum Gasteiger partial charge on any atom is -0.619 e. The molecule has 23 heteroatoms. The fraction of sp³-hybridized carbons (Fsp3) is 0.312. The predicted molar refractivity (Wildman–Crippen MR) is 198 cm³/mol. The van der Waals surface area contributed by atoms with Crippen molar-refractivity contribution < 1.29 is 66.0 Å². The smallest absolute Gasteiger partial charge is 0.619 e. The zero-order valence-electron chi connectivity index (χ0n) is 29.6. The first-order valence-electron chi connectivity index (χ1n) is 15.0. The first kappa shape index (κ1) is 46.9. The third-order valence-electron chi connectivity index (χ3n) is 7.25. The van der Waals surface area contributed by atoms with E-state index in [1.165, 1.54) is 65.1 Å². The van der Waals surface area contributed by atoms with Crippen molar-refractivity contribution in [2.45, 2.75) is 35.7 Å². The molecule has 0 amide bonds. The molecule has 4 heterocycles. The second-order valence-corrected chi connectivity index (χ2v) is 13.4. The Hall–Kier alpha value is -4.23. The third-order valence-corrected chi connectivity index (χ3v) is 9.81. The number of anilines is 2. The molecule has 0 bridgehead atoms. The van der Waals surface area contributed by atoms with Crippen molar-refractivity contribution >= 4 is 68.2 Å². The standard InChI is InChI=1S/2C16H16F2N3O4S.Mg.2H2O/c2*1-23-13-5-6-19-12(14(13)24-2)8-26(22)16-20-10-4-3-9(25-15(17)18)7-11(10)21-16;;;/h2*3-7,15-16,20H,8H2,1-2H3;;2*1H2/q2*-1;+2;;. The van der Waals surface area contributed by atoms with E-state index in [0.29, 0.717) is 57.1 Å². The maximum atomic E-state index is 12.7. The summed E-state index contributed by atoms with van der Waals surface area (Å²) in [6, 6.07) is 11.9. The van der Waals surface area contributed by atoms with E-state index in [-0.39, 0.29) is 57.0 Å². The van der Waals surface area contributed by atoms with Crippen LogP contribution in [0, 0.1) is 0 Å². The summed E-state index contributed by atoms with van der Waals surface area (Å²) in [6.45, 7) is -5.84. The molecule has 6 rings (SSSR count). The molecule has 296 valence electrons. The Labute approximate surface area is 335 Å². The fourth-order valence-electron chi connectivity index (χ4n) is 5.00. The number of nitrogens with one attached hydrogen (secondary N) is 2. The number of nitrogens with zero attached hydrogens (tertiary/aromatic N) is 4. The van der Waals surface area contributed by atoms with E-state index < -0.39 is 46.6 Å². The molecule has 0 saturated heterocycles. The summed E-state index contributed by atoms with van der Waals surface area (Å²) in [7, 11) is 5.96. The summed E-state index contributed by atoms with van der Waals surface area (Å²) in [6.07, 6.45) is 3.08. The van der Waals surface area contributed by atoms with Gasteiger partial charge in [-0.1, -0.05) is 0 Å². The molecule has 0 spiro atoms. The molecule has 4 unspecified atom stereocenters. The van der Waals surface area contributed by atoms with Crippen molar-refractivity contribution in [1.29, 1.82) is 0 Å². The summed E-state index contributed by atoms with van der Waals surface area (Å²) in [4.78, 5) is 8.39. The molecule has 4 aromatic rings. The Morgan fingerprint density at radius 2 is 1.04 bits per heavy atom. The molecule has 2 aliphatic rings. The van der Waals surface area contributed by atoms with Crippen LogP contribution in [0.25, 0.3) is 10.6 Å². The maximum absolute atomic E-state index is 12.7. The molecule has 2 aromatic carbocycles. The number of hydrogen-bond acceptors (Lipinski definition) is 12. The number of aromatic nitrogens is 2. The van der Waals surface area contributed by atoms with E-state index in [0.717, 1.165) is 0 Å². The van der Waals surface area contributed by atoms with Crippen LogP contribution >= 0.6 is 0 Å². The Kier molecular flexibility index (Phi) is 18.6. The number of fused-ring (bicyclic) bond motifs is 2. The number of halogens is 4. The van der Waals surface area contributed by atoms with Crippen LogP contribution in [-0.4, -0.2) is 106 Å². The molecule has 0 aliphatic carbocycles. The van der Waals surface area contributed by atoms with Gasteiger partial charge in [0.1, 0.15) is 33.9 Å². The average molecular weight is 829 g/mol. The van der Waals surface area contributed by atoms with Gasteiger partial charge in [0, 0.05) is 35.9 Å². The first-order valence-corrected chi connectivity index (χ1v) is 17.8. The van der Waals surface area contributed by atoms with Crippen molar-refractivity contribution in [2.24, 2.45) is 0 Å². The van der Waals surface area contributed by atoms with Gasteiger partial charge in [0.25, 0.3) is 0 Å². The second kappa shape index (κ2) is 21.7. The number of rotatable bonds is 14. The van der Waals surface area contributed by atoms with Gasteiger partial charge >= 0.3 is 36.3 Å². The average Bonchev–Trinajstić information content (AvgIpc) is 3.75. The van der Waals surface area contributed by atoms with Crippen LogP contribution in [0.3, 0.4) is 0 Å². The van der Waals surface area contributed by atoms with Gasteiger partial charge in [-0.15, -0.1) is 11.4 Å². The van der Waals surface area contributed by atoms with Crippen LogP contribution in [0.4, 0.5) is 40.3 Å². The molecule has 4 atom stereocenters. The third kappa shape index (κ3) is 11.9. The fourth-order valence-corrected chi connectivity index (χ4v) is 7.24. The Morgan fingerprint density at radius 1 is 0.655 bits per heavy atom. The Balaban J connectivity index is 0.000000360. The summed E-state index contributed by atoms with van der Waals surface area (Å²) in [5.74, 6) is 1.94. The zero-order chi connectivity index (χ0) is 37.4. The predicted octanol–water partition coefficient (Wildman–Crippen LogP) is 4.70. The zero-order valence-corrected chi connectivity index (χ0v) is 32.6. The molecule has 6 N–H and O–H groups in total. The van der Waals surface area contributed by atoms with E-state index in [4.69, 9.17) is 18.9 Å². The van der Waals surface area contributed by atoms with Gasteiger partial charge in [0.2, 0.25) is 0 Å². The van der Waals surface area contributed by atoms with E-state index in [1.807, 2.05) is 0 Å². The number of pyridine rings is 2. The number of benzene rings is 2. The maximum Gasteiger partial charge on any atom is 2.00 e. The molecular weight excluding hydrogens is 793 g/mol. The quantitative estimate of drug-likeness (QED) is 0.0999. The van der Waals surface area contributed by atoms with Crippen molar-refractivity contribution in [1.82, 2.24) is 9.97 Å². The largest absolute Gasteiger partial charge is 2.00 e. The number of methoxy groups -OCH3 is 4. The van der Waals surface area contributed by atoms with Gasteiger partial charge < -0.3 is 69.7 Å². The molecule has 0 radical (unpaired) electrons. The normalized spacial score (nSPS) is 15.6. The molecule has 0 fully saturated rings. The summed E-state index contributed by atoms with van der Waals surface area (Å²) < 4.78 is 104.